The molecule has 1 atom stereocenters. The number of hydrogen-bond acceptors (Lipinski definition) is 7. The number of hydrogen-bond donors (Lipinski definition) is 3. The molecule has 42 heavy (non-hydrogen) atoms. The van der Waals surface area contributed by atoms with E-state index in [2.05, 4.69) is 26.8 Å². The fourth-order valence-electron chi connectivity index (χ4n) is 4.30. The first-order valence-corrected chi connectivity index (χ1v) is 13.2. The number of amides is 1. The van der Waals surface area contributed by atoms with Crippen molar-refractivity contribution >= 4 is 22.8 Å². The van der Waals surface area contributed by atoms with Crippen LogP contribution in [0.15, 0.2) is 90.1 Å². The third-order valence-corrected chi connectivity index (χ3v) is 6.73. The zero-order valence-electron chi connectivity index (χ0n) is 23.0. The van der Waals surface area contributed by atoms with Crippen LogP contribution in [0.4, 0.5) is 15.8 Å². The van der Waals surface area contributed by atoms with Crippen LogP contribution in [0.3, 0.4) is 0 Å². The smallest absolute Gasteiger partial charge is 0.255 e. The maximum absolute atomic E-state index is 14.4. The molecule has 5 aromatic rings. The zero-order valence-corrected chi connectivity index (χ0v) is 23.0. The summed E-state index contributed by atoms with van der Waals surface area (Å²) < 4.78 is 17.6. The predicted octanol–water partition coefficient (Wildman–Crippen LogP) is 4.06. The monoisotopic (exact) mass is 565 g/mol. The van der Waals surface area contributed by atoms with E-state index in [1.54, 1.807) is 39.5 Å². The lowest BCUT2D eigenvalue weighted by atomic mass is 10.0. The van der Waals surface area contributed by atoms with Crippen LogP contribution in [-0.4, -0.2) is 48.5 Å². The summed E-state index contributed by atoms with van der Waals surface area (Å²) in [6, 6.07) is 21.5. The SMILES string of the molecule is CC(C)(O)[C@H](F)CNC(=O)c1cnc(-c2ccc3cc(C#N)cnn23)cc1Nc1ccc(Cn2ccccc2=O)cc1. The number of aromatic nitrogens is 4. The number of nitrogens with zero attached hydrogens (tertiary/aromatic N) is 5. The summed E-state index contributed by atoms with van der Waals surface area (Å²) in [5.74, 6) is -0.569. The van der Waals surface area contributed by atoms with Crippen LogP contribution in [0, 0.1) is 11.3 Å². The summed E-state index contributed by atoms with van der Waals surface area (Å²) in [6.45, 7) is 2.69. The number of benzene rings is 1. The topological polar surface area (TPSA) is 137 Å². The molecule has 0 spiro atoms. The van der Waals surface area contributed by atoms with Crippen molar-refractivity contribution in [1.82, 2.24) is 24.5 Å². The summed E-state index contributed by atoms with van der Waals surface area (Å²) in [7, 11) is 0. The summed E-state index contributed by atoms with van der Waals surface area (Å²) in [6.07, 6.45) is 2.90. The first-order valence-electron chi connectivity index (χ1n) is 13.2. The van der Waals surface area contributed by atoms with Gasteiger partial charge in [-0.2, -0.15) is 10.4 Å². The van der Waals surface area contributed by atoms with Gasteiger partial charge in [0.05, 0.1) is 58.6 Å². The van der Waals surface area contributed by atoms with Gasteiger partial charge < -0.3 is 20.3 Å². The number of aliphatic hydroxyl groups is 1. The average molecular weight is 566 g/mol. The molecule has 0 unspecified atom stereocenters. The van der Waals surface area contributed by atoms with E-state index in [-0.39, 0.29) is 17.7 Å². The molecule has 0 saturated carbocycles. The second-order valence-electron chi connectivity index (χ2n) is 10.3. The molecular formula is C31H28FN7O3. The molecule has 0 radical (unpaired) electrons. The Balaban J connectivity index is 1.46. The molecule has 0 fully saturated rings. The Kier molecular flexibility index (Phi) is 7.82. The number of anilines is 2. The van der Waals surface area contributed by atoms with Gasteiger partial charge in [0, 0.05) is 24.1 Å². The summed E-state index contributed by atoms with van der Waals surface area (Å²) in [5, 5.41) is 29.2. The van der Waals surface area contributed by atoms with Crippen LogP contribution < -0.4 is 16.2 Å². The van der Waals surface area contributed by atoms with Gasteiger partial charge in [0.2, 0.25) is 0 Å². The fraction of sp³-hybridized carbons (Fsp3) is 0.194. The van der Waals surface area contributed by atoms with Crippen LogP contribution >= 0.6 is 0 Å². The summed E-state index contributed by atoms with van der Waals surface area (Å²) in [4.78, 5) is 29.7. The molecule has 1 amide bonds. The van der Waals surface area contributed by atoms with Crippen LogP contribution in [0.25, 0.3) is 16.9 Å². The Hall–Kier alpha value is -5.34. The maximum Gasteiger partial charge on any atom is 0.255 e. The molecule has 4 heterocycles. The van der Waals surface area contributed by atoms with Crippen molar-refractivity contribution in [2.24, 2.45) is 0 Å². The first kappa shape index (κ1) is 28.2. The lowest BCUT2D eigenvalue weighted by Gasteiger charge is -2.22. The number of alkyl halides is 1. The van der Waals surface area contributed by atoms with Crippen molar-refractivity contribution < 1.29 is 14.3 Å². The highest BCUT2D eigenvalue weighted by molar-refractivity contribution is 6.00. The summed E-state index contributed by atoms with van der Waals surface area (Å²) >= 11 is 0. The zero-order chi connectivity index (χ0) is 29.9. The molecule has 3 N–H and O–H groups in total. The Morgan fingerprint density at radius 1 is 1.12 bits per heavy atom. The van der Waals surface area contributed by atoms with Gasteiger partial charge in [0.1, 0.15) is 12.2 Å². The minimum Gasteiger partial charge on any atom is -0.387 e. The maximum atomic E-state index is 14.4. The second-order valence-corrected chi connectivity index (χ2v) is 10.3. The van der Waals surface area contributed by atoms with Crippen LogP contribution in [0.2, 0.25) is 0 Å². The number of halogens is 1. The molecule has 5 rings (SSSR count). The van der Waals surface area contributed by atoms with E-state index in [1.807, 2.05) is 36.4 Å². The number of carbonyl (C=O) groups excluding carboxylic acids is 1. The number of nitriles is 1. The quantitative estimate of drug-likeness (QED) is 0.245. The molecular weight excluding hydrogens is 537 g/mol. The van der Waals surface area contributed by atoms with Gasteiger partial charge >= 0.3 is 0 Å². The molecule has 11 heteroatoms. The number of rotatable bonds is 9. The van der Waals surface area contributed by atoms with Gasteiger partial charge in [-0.15, -0.1) is 0 Å². The van der Waals surface area contributed by atoms with Crippen LogP contribution in [-0.2, 0) is 6.54 Å². The molecule has 1 aromatic carbocycles. The third kappa shape index (κ3) is 6.19. The Morgan fingerprint density at radius 3 is 2.62 bits per heavy atom. The van der Waals surface area contributed by atoms with E-state index >= 15 is 0 Å². The average Bonchev–Trinajstić information content (AvgIpc) is 3.40. The highest BCUT2D eigenvalue weighted by atomic mass is 19.1. The molecule has 0 bridgehead atoms. The van der Waals surface area contributed by atoms with Gasteiger partial charge in [-0.3, -0.25) is 14.6 Å². The fourth-order valence-corrected chi connectivity index (χ4v) is 4.30. The Bertz CT molecular complexity index is 1850. The van der Waals surface area contributed by atoms with Gasteiger partial charge in [-0.1, -0.05) is 18.2 Å². The molecule has 212 valence electrons. The highest BCUT2D eigenvalue weighted by Gasteiger charge is 2.27. The van der Waals surface area contributed by atoms with Crippen molar-refractivity contribution in [3.63, 3.8) is 0 Å². The van der Waals surface area contributed by atoms with Gasteiger partial charge in [0.25, 0.3) is 11.5 Å². The molecule has 0 aliphatic carbocycles. The normalized spacial score (nSPS) is 12.1. The van der Waals surface area contributed by atoms with Gasteiger partial charge in [0.15, 0.2) is 0 Å². The van der Waals surface area contributed by atoms with E-state index in [1.165, 1.54) is 32.3 Å². The van der Waals surface area contributed by atoms with E-state index in [0.717, 1.165) is 5.56 Å². The molecule has 10 nitrogen and oxygen atoms in total. The first-order chi connectivity index (χ1) is 20.1. The Labute approximate surface area is 240 Å². The summed E-state index contributed by atoms with van der Waals surface area (Å²) in [5.41, 5.74) is 2.71. The number of carbonyl (C=O) groups is 1. The number of pyridine rings is 2. The minimum absolute atomic E-state index is 0.101. The second kappa shape index (κ2) is 11.6. The molecule has 0 saturated heterocycles. The van der Waals surface area contributed by atoms with E-state index < -0.39 is 17.7 Å². The molecule has 4 aromatic heterocycles. The number of fused-ring (bicyclic) bond motifs is 1. The van der Waals surface area contributed by atoms with Crippen molar-refractivity contribution in [2.45, 2.75) is 32.2 Å². The third-order valence-electron chi connectivity index (χ3n) is 6.73. The lowest BCUT2D eigenvalue weighted by molar-refractivity contribution is -0.00177. The van der Waals surface area contributed by atoms with Crippen LogP contribution in [0.5, 0.6) is 0 Å². The van der Waals surface area contributed by atoms with Crippen molar-refractivity contribution in [3.05, 3.63) is 112 Å². The minimum atomic E-state index is -1.67. The standard InChI is InChI=1S/C31H28FN7O3/c1-31(2,42)28(32)18-35-30(41)24-17-34-26(27-11-10-23-13-21(15-33)16-36-39(23)27)14-25(24)37-22-8-6-20(7-9-22)19-38-12-4-3-5-29(38)40/h3-14,16-17,28,42H,18-19H2,1-2H3,(H,34,37)(H,35,41)/t28-/m1/s1. The van der Waals surface area contributed by atoms with Gasteiger partial charge in [-0.25, -0.2) is 8.91 Å². The van der Waals surface area contributed by atoms with E-state index in [4.69, 9.17) is 0 Å². The van der Waals surface area contributed by atoms with E-state index in [0.29, 0.717) is 40.4 Å². The van der Waals surface area contributed by atoms with Crippen LogP contribution in [0.1, 0.15) is 35.3 Å². The molecule has 0 aliphatic rings. The van der Waals surface area contributed by atoms with Gasteiger partial charge in [-0.05, 0) is 61.9 Å². The predicted molar refractivity (Wildman–Crippen MR) is 156 cm³/mol. The molecule has 0 aliphatic heterocycles. The highest BCUT2D eigenvalue weighted by Crippen LogP contribution is 2.28. The Morgan fingerprint density at radius 2 is 1.90 bits per heavy atom. The van der Waals surface area contributed by atoms with Crippen molar-refractivity contribution in [3.8, 4) is 17.5 Å². The number of nitrogens with one attached hydrogen (secondary N) is 2. The van der Waals surface area contributed by atoms with Crippen molar-refractivity contribution in [2.75, 3.05) is 11.9 Å². The lowest BCUT2D eigenvalue weighted by Crippen LogP contribution is -2.42. The van der Waals surface area contributed by atoms with E-state index in [9.17, 15) is 24.3 Å². The van der Waals surface area contributed by atoms with Crippen molar-refractivity contribution in [1.29, 1.82) is 5.26 Å². The largest absolute Gasteiger partial charge is 0.387 e.